The maximum atomic E-state index is 11.8. The summed E-state index contributed by atoms with van der Waals surface area (Å²) in [5.74, 6) is 0.0751. The van der Waals surface area contributed by atoms with E-state index in [-0.39, 0.29) is 30.7 Å². The fourth-order valence-corrected chi connectivity index (χ4v) is 2.40. The Morgan fingerprint density at radius 2 is 1.78 bits per heavy atom. The van der Waals surface area contributed by atoms with Crippen LogP contribution in [0.2, 0.25) is 0 Å². The lowest BCUT2D eigenvalue weighted by Crippen LogP contribution is -2.37. The minimum atomic E-state index is 0. The van der Waals surface area contributed by atoms with Crippen LogP contribution in [0.15, 0.2) is 24.3 Å². The first kappa shape index (κ1) is 22.0. The minimum Gasteiger partial charge on any atom is -0.399 e. The van der Waals surface area contributed by atoms with Crippen molar-refractivity contribution in [3.63, 3.8) is 0 Å². The molecule has 2 rings (SSSR count). The lowest BCUT2D eigenvalue weighted by molar-refractivity contribution is -0.120. The maximum absolute atomic E-state index is 11.8. The van der Waals surface area contributed by atoms with Crippen LogP contribution in [-0.4, -0.2) is 50.2 Å². The zero-order valence-corrected chi connectivity index (χ0v) is 15.0. The third-order valence-electron chi connectivity index (χ3n) is 3.67. The topological polar surface area (TPSA) is 67.6 Å². The lowest BCUT2D eigenvalue weighted by Gasteiger charge is -2.26. The molecule has 1 fully saturated rings. The van der Waals surface area contributed by atoms with Crippen LogP contribution in [0.3, 0.4) is 0 Å². The zero-order valence-electron chi connectivity index (χ0n) is 13.3. The van der Waals surface area contributed by atoms with Crippen molar-refractivity contribution in [2.45, 2.75) is 19.3 Å². The Labute approximate surface area is 150 Å². The Morgan fingerprint density at radius 3 is 2.43 bits per heavy atom. The van der Waals surface area contributed by atoms with Crippen LogP contribution in [0.1, 0.15) is 18.4 Å². The van der Waals surface area contributed by atoms with E-state index in [9.17, 15) is 4.79 Å². The predicted octanol–water partition coefficient (Wildman–Crippen LogP) is 1.88. The molecular formula is C16H27Cl2N3O2. The molecule has 3 N–H and O–H groups in total. The van der Waals surface area contributed by atoms with Crippen molar-refractivity contribution in [2.24, 2.45) is 0 Å². The third kappa shape index (κ3) is 9.01. The standard InChI is InChI=1S/C16H25N3O2.2ClH/c17-15-5-3-14(4-6-15)13-16(20)18-7-1-2-8-19-9-11-21-12-10-19;;/h3-6H,1-2,7-13,17H2,(H,18,20);2*1H. The van der Waals surface area contributed by atoms with Gasteiger partial charge in [0, 0.05) is 25.3 Å². The van der Waals surface area contributed by atoms with Crippen LogP contribution in [0.5, 0.6) is 0 Å². The summed E-state index contributed by atoms with van der Waals surface area (Å²) in [6.07, 6.45) is 2.55. The van der Waals surface area contributed by atoms with Gasteiger partial charge in [0.1, 0.15) is 0 Å². The van der Waals surface area contributed by atoms with Gasteiger partial charge in [0.15, 0.2) is 0 Å². The molecule has 1 amide bonds. The number of nitrogen functional groups attached to an aromatic ring is 1. The summed E-state index contributed by atoms with van der Waals surface area (Å²) in [5, 5.41) is 2.97. The number of hydrogen-bond acceptors (Lipinski definition) is 4. The van der Waals surface area contributed by atoms with Crippen molar-refractivity contribution in [1.29, 1.82) is 0 Å². The number of morpholine rings is 1. The molecule has 0 spiro atoms. The Balaban J connectivity index is 0.00000242. The molecule has 0 unspecified atom stereocenters. The van der Waals surface area contributed by atoms with E-state index in [1.165, 1.54) is 0 Å². The van der Waals surface area contributed by atoms with Crippen LogP contribution in [0, 0.1) is 0 Å². The molecule has 1 aliphatic rings. The van der Waals surface area contributed by atoms with Crippen LogP contribution in [-0.2, 0) is 16.0 Å². The molecule has 132 valence electrons. The van der Waals surface area contributed by atoms with E-state index in [1.54, 1.807) is 0 Å². The molecular weight excluding hydrogens is 337 g/mol. The molecule has 0 aliphatic carbocycles. The fourth-order valence-electron chi connectivity index (χ4n) is 2.40. The van der Waals surface area contributed by atoms with Crippen molar-refractivity contribution in [3.8, 4) is 0 Å². The highest BCUT2D eigenvalue weighted by Crippen LogP contribution is 2.06. The van der Waals surface area contributed by atoms with Gasteiger partial charge in [0.25, 0.3) is 0 Å². The molecule has 0 atom stereocenters. The number of amides is 1. The number of ether oxygens (including phenoxy) is 1. The molecule has 1 aliphatic heterocycles. The summed E-state index contributed by atoms with van der Waals surface area (Å²) in [5.41, 5.74) is 7.34. The van der Waals surface area contributed by atoms with E-state index in [0.717, 1.165) is 63.5 Å². The van der Waals surface area contributed by atoms with E-state index < -0.39 is 0 Å². The average Bonchev–Trinajstić information content (AvgIpc) is 2.50. The largest absolute Gasteiger partial charge is 0.399 e. The third-order valence-corrected chi connectivity index (χ3v) is 3.67. The number of nitrogens with two attached hydrogens (primary N) is 1. The van der Waals surface area contributed by atoms with Crippen molar-refractivity contribution in [3.05, 3.63) is 29.8 Å². The van der Waals surface area contributed by atoms with Gasteiger partial charge in [-0.1, -0.05) is 12.1 Å². The molecule has 1 saturated heterocycles. The van der Waals surface area contributed by atoms with Crippen LogP contribution in [0.25, 0.3) is 0 Å². The Hall–Kier alpha value is -1.01. The Kier molecular flexibility index (Phi) is 11.9. The van der Waals surface area contributed by atoms with Gasteiger partial charge in [0.05, 0.1) is 19.6 Å². The second-order valence-corrected chi connectivity index (χ2v) is 5.43. The molecule has 0 radical (unpaired) electrons. The highest BCUT2D eigenvalue weighted by molar-refractivity contribution is 5.85. The van der Waals surface area contributed by atoms with Gasteiger partial charge in [-0.05, 0) is 37.1 Å². The second-order valence-electron chi connectivity index (χ2n) is 5.43. The van der Waals surface area contributed by atoms with Crippen molar-refractivity contribution in [2.75, 3.05) is 45.1 Å². The van der Waals surface area contributed by atoms with Gasteiger partial charge in [0.2, 0.25) is 5.91 Å². The monoisotopic (exact) mass is 363 g/mol. The number of halogens is 2. The number of carbonyl (C=O) groups is 1. The molecule has 1 aromatic carbocycles. The SMILES string of the molecule is Cl.Cl.Nc1ccc(CC(=O)NCCCCN2CCOCC2)cc1. The number of carbonyl (C=O) groups excluding carboxylic acids is 1. The number of nitrogens with zero attached hydrogens (tertiary/aromatic N) is 1. The van der Waals surface area contributed by atoms with E-state index in [2.05, 4.69) is 10.2 Å². The molecule has 23 heavy (non-hydrogen) atoms. The summed E-state index contributed by atoms with van der Waals surface area (Å²) in [4.78, 5) is 14.2. The summed E-state index contributed by atoms with van der Waals surface area (Å²) in [6.45, 7) is 5.60. The number of rotatable bonds is 7. The van der Waals surface area contributed by atoms with E-state index in [1.807, 2.05) is 24.3 Å². The van der Waals surface area contributed by atoms with Gasteiger partial charge in [-0.3, -0.25) is 9.69 Å². The lowest BCUT2D eigenvalue weighted by atomic mass is 10.1. The minimum absolute atomic E-state index is 0. The highest BCUT2D eigenvalue weighted by atomic mass is 35.5. The van der Waals surface area contributed by atoms with Crippen molar-refractivity contribution in [1.82, 2.24) is 10.2 Å². The highest BCUT2D eigenvalue weighted by Gasteiger charge is 2.09. The molecule has 0 aromatic heterocycles. The number of unbranched alkanes of at least 4 members (excludes halogenated alkanes) is 1. The van der Waals surface area contributed by atoms with Gasteiger partial charge in [-0.15, -0.1) is 24.8 Å². The average molecular weight is 364 g/mol. The number of anilines is 1. The van der Waals surface area contributed by atoms with Crippen molar-refractivity contribution < 1.29 is 9.53 Å². The van der Waals surface area contributed by atoms with E-state index in [0.29, 0.717) is 6.42 Å². The summed E-state index contributed by atoms with van der Waals surface area (Å²) >= 11 is 0. The van der Waals surface area contributed by atoms with Crippen LogP contribution in [0.4, 0.5) is 5.69 Å². The van der Waals surface area contributed by atoms with Crippen molar-refractivity contribution >= 4 is 36.4 Å². The molecule has 5 nitrogen and oxygen atoms in total. The Morgan fingerprint density at radius 1 is 1.13 bits per heavy atom. The molecule has 7 heteroatoms. The molecule has 1 aromatic rings. The summed E-state index contributed by atoms with van der Waals surface area (Å²) in [7, 11) is 0. The smallest absolute Gasteiger partial charge is 0.224 e. The first-order valence-corrected chi connectivity index (χ1v) is 7.65. The van der Waals surface area contributed by atoms with Crippen LogP contribution >= 0.6 is 24.8 Å². The first-order valence-electron chi connectivity index (χ1n) is 7.65. The van der Waals surface area contributed by atoms with Gasteiger partial charge >= 0.3 is 0 Å². The number of benzene rings is 1. The Bertz CT molecular complexity index is 437. The predicted molar refractivity (Wildman–Crippen MR) is 98.6 cm³/mol. The number of hydrogen-bond donors (Lipinski definition) is 2. The first-order chi connectivity index (χ1) is 10.2. The normalized spacial score (nSPS) is 14.4. The molecule has 0 saturated carbocycles. The molecule has 1 heterocycles. The number of nitrogens with one attached hydrogen (secondary N) is 1. The maximum Gasteiger partial charge on any atom is 0.224 e. The van der Waals surface area contributed by atoms with Crippen LogP contribution < -0.4 is 11.1 Å². The quantitative estimate of drug-likeness (QED) is 0.573. The zero-order chi connectivity index (χ0) is 14.9. The van der Waals surface area contributed by atoms with Gasteiger partial charge in [-0.25, -0.2) is 0 Å². The summed E-state index contributed by atoms with van der Waals surface area (Å²) < 4.78 is 5.32. The fraction of sp³-hybridized carbons (Fsp3) is 0.562. The van der Waals surface area contributed by atoms with Gasteiger partial charge in [-0.2, -0.15) is 0 Å². The molecule has 0 bridgehead atoms. The van der Waals surface area contributed by atoms with E-state index >= 15 is 0 Å². The van der Waals surface area contributed by atoms with E-state index in [4.69, 9.17) is 10.5 Å². The summed E-state index contributed by atoms with van der Waals surface area (Å²) in [6, 6.07) is 7.44. The van der Waals surface area contributed by atoms with Gasteiger partial charge < -0.3 is 15.8 Å². The second kappa shape index (κ2) is 12.4.